The molecule has 1 fully saturated rings. The summed E-state index contributed by atoms with van der Waals surface area (Å²) in [6.07, 6.45) is 4.66. The Bertz CT molecular complexity index is 1070. The fraction of sp³-hybridized carbons (Fsp3) is 0.440. The van der Waals surface area contributed by atoms with Crippen molar-refractivity contribution in [2.75, 3.05) is 0 Å². The largest absolute Gasteiger partial charge is 0.336 e. The number of halogens is 2. The Morgan fingerprint density at radius 2 is 1.83 bits per heavy atom. The molecule has 0 radical (unpaired) electrons. The van der Waals surface area contributed by atoms with Crippen molar-refractivity contribution < 1.29 is 23.2 Å². The molecule has 4 amide bonds. The number of nitrogens with zero attached hydrogens (tertiary/aromatic N) is 3. The van der Waals surface area contributed by atoms with Gasteiger partial charge in [0.05, 0.1) is 6.04 Å². The lowest BCUT2D eigenvalue weighted by Crippen LogP contribution is -2.57. The minimum Gasteiger partial charge on any atom is -0.333 e. The van der Waals surface area contributed by atoms with Crippen LogP contribution >= 0.6 is 0 Å². The Morgan fingerprint density at radius 1 is 1.14 bits per heavy atom. The second-order valence-corrected chi connectivity index (χ2v) is 8.58. The van der Waals surface area contributed by atoms with E-state index in [1.165, 1.54) is 16.9 Å². The smallest absolute Gasteiger partial charge is 0.333 e. The van der Waals surface area contributed by atoms with Crippen LogP contribution in [0.25, 0.3) is 6.08 Å². The molecule has 0 saturated heterocycles. The number of alkyl halides is 2. The highest BCUT2D eigenvalue weighted by Crippen LogP contribution is 2.34. The first kappa shape index (κ1) is 26.8. The summed E-state index contributed by atoms with van der Waals surface area (Å²) >= 11 is 0. The molecular formula is C25H32F2N6O3. The number of aryl methyl sites for hydroxylation is 1. The van der Waals surface area contributed by atoms with Crippen molar-refractivity contribution in [1.82, 2.24) is 30.8 Å². The Labute approximate surface area is 208 Å². The number of rotatable bonds is 8. The number of nitrogens with one attached hydrogen (secondary N) is 3. The predicted octanol–water partition coefficient (Wildman–Crippen LogP) is 3.83. The second-order valence-electron chi connectivity index (χ2n) is 8.58. The van der Waals surface area contributed by atoms with Gasteiger partial charge in [0.2, 0.25) is 11.8 Å². The van der Waals surface area contributed by atoms with Gasteiger partial charge in [-0.25, -0.2) is 18.6 Å². The maximum Gasteiger partial charge on any atom is 0.336 e. The van der Waals surface area contributed by atoms with Crippen LogP contribution in [0.3, 0.4) is 0 Å². The minimum atomic E-state index is -2.76. The molecule has 194 valence electrons. The third-order valence-electron chi connectivity index (χ3n) is 6.01. The van der Waals surface area contributed by atoms with Gasteiger partial charge in [0.15, 0.2) is 0 Å². The number of hydrogen-bond acceptors (Lipinski definition) is 4. The number of amides is 4. The van der Waals surface area contributed by atoms with Gasteiger partial charge in [-0.2, -0.15) is 5.10 Å². The maximum atomic E-state index is 13.7. The number of aromatic nitrogens is 2. The van der Waals surface area contributed by atoms with E-state index >= 15 is 0 Å². The van der Waals surface area contributed by atoms with Gasteiger partial charge in [0.25, 0.3) is 5.91 Å². The topological polar surface area (TPSA) is 108 Å². The average molecular weight is 503 g/mol. The van der Waals surface area contributed by atoms with Gasteiger partial charge in [-0.05, 0) is 43.0 Å². The zero-order valence-corrected chi connectivity index (χ0v) is 20.5. The van der Waals surface area contributed by atoms with E-state index in [0.29, 0.717) is 13.0 Å². The van der Waals surface area contributed by atoms with E-state index in [1.807, 2.05) is 31.2 Å². The van der Waals surface area contributed by atoms with Crippen molar-refractivity contribution in [1.29, 1.82) is 0 Å². The van der Waals surface area contributed by atoms with Gasteiger partial charge in [0, 0.05) is 44.7 Å². The van der Waals surface area contributed by atoms with Gasteiger partial charge in [0.1, 0.15) is 5.69 Å². The molecule has 36 heavy (non-hydrogen) atoms. The predicted molar refractivity (Wildman–Crippen MR) is 131 cm³/mol. The number of hydrazine groups is 1. The Kier molecular flexibility index (Phi) is 9.15. The molecule has 9 nitrogen and oxygen atoms in total. The van der Waals surface area contributed by atoms with E-state index in [1.54, 1.807) is 19.2 Å². The Morgan fingerprint density at radius 3 is 2.47 bits per heavy atom. The molecule has 0 bridgehead atoms. The van der Waals surface area contributed by atoms with Gasteiger partial charge in [-0.1, -0.05) is 31.2 Å². The van der Waals surface area contributed by atoms with E-state index in [4.69, 9.17) is 0 Å². The monoisotopic (exact) mass is 502 g/mol. The SMILES string of the molecule is CCC(=O)N/C=C/c1ccc(CNC(=O)N(NC(=O)c2ccnn2CC)C2CCC(F)(F)CC2)cc1. The van der Waals surface area contributed by atoms with Crippen LogP contribution in [0.5, 0.6) is 0 Å². The van der Waals surface area contributed by atoms with Crippen LogP contribution in [-0.4, -0.2) is 44.6 Å². The highest BCUT2D eigenvalue weighted by Gasteiger charge is 2.39. The molecule has 0 spiro atoms. The van der Waals surface area contributed by atoms with E-state index in [2.05, 4.69) is 21.2 Å². The molecule has 3 rings (SSSR count). The fourth-order valence-corrected chi connectivity index (χ4v) is 3.88. The summed E-state index contributed by atoms with van der Waals surface area (Å²) in [6.45, 7) is 4.24. The third kappa shape index (κ3) is 7.37. The summed E-state index contributed by atoms with van der Waals surface area (Å²) in [7, 11) is 0. The molecule has 0 aliphatic heterocycles. The molecule has 1 aromatic heterocycles. The van der Waals surface area contributed by atoms with Crippen LogP contribution in [0.4, 0.5) is 13.6 Å². The molecule has 0 unspecified atom stereocenters. The van der Waals surface area contributed by atoms with Crippen molar-refractivity contribution in [3.63, 3.8) is 0 Å². The highest BCUT2D eigenvalue weighted by molar-refractivity contribution is 5.93. The first-order chi connectivity index (χ1) is 17.2. The molecule has 1 aromatic carbocycles. The van der Waals surface area contributed by atoms with Gasteiger partial charge in [-0.15, -0.1) is 0 Å². The summed E-state index contributed by atoms with van der Waals surface area (Å²) < 4.78 is 28.9. The molecule has 1 aliphatic rings. The second kappa shape index (κ2) is 12.3. The van der Waals surface area contributed by atoms with Crippen LogP contribution in [0.15, 0.2) is 42.7 Å². The fourth-order valence-electron chi connectivity index (χ4n) is 3.88. The normalized spacial score (nSPS) is 15.4. The molecule has 1 heterocycles. The highest BCUT2D eigenvalue weighted by atomic mass is 19.3. The number of urea groups is 1. The van der Waals surface area contributed by atoms with Crippen LogP contribution < -0.4 is 16.1 Å². The molecular weight excluding hydrogens is 470 g/mol. The van der Waals surface area contributed by atoms with Crippen molar-refractivity contribution in [3.8, 4) is 0 Å². The lowest BCUT2D eigenvalue weighted by Gasteiger charge is -2.36. The first-order valence-electron chi connectivity index (χ1n) is 12.0. The zero-order chi connectivity index (χ0) is 26.1. The van der Waals surface area contributed by atoms with E-state index in [9.17, 15) is 23.2 Å². The van der Waals surface area contributed by atoms with Crippen LogP contribution in [-0.2, 0) is 17.9 Å². The molecule has 2 aromatic rings. The van der Waals surface area contributed by atoms with Crippen LogP contribution in [0.2, 0.25) is 0 Å². The van der Waals surface area contributed by atoms with Crippen molar-refractivity contribution in [2.24, 2.45) is 0 Å². The maximum absolute atomic E-state index is 13.7. The number of benzene rings is 1. The quantitative estimate of drug-likeness (QED) is 0.477. The zero-order valence-electron chi connectivity index (χ0n) is 20.5. The van der Waals surface area contributed by atoms with Crippen molar-refractivity contribution in [2.45, 2.75) is 71.0 Å². The van der Waals surface area contributed by atoms with E-state index in [0.717, 1.165) is 16.1 Å². The van der Waals surface area contributed by atoms with Gasteiger partial charge in [-0.3, -0.25) is 19.7 Å². The number of carbonyl (C=O) groups excluding carboxylic acids is 3. The van der Waals surface area contributed by atoms with Crippen molar-refractivity contribution >= 4 is 23.9 Å². The number of hydrogen-bond donors (Lipinski definition) is 3. The summed E-state index contributed by atoms with van der Waals surface area (Å²) in [6, 6.07) is 7.73. The van der Waals surface area contributed by atoms with Crippen LogP contribution in [0.1, 0.15) is 67.6 Å². The first-order valence-corrected chi connectivity index (χ1v) is 12.0. The van der Waals surface area contributed by atoms with Gasteiger partial charge < -0.3 is 10.6 Å². The standard InChI is InChI=1S/C25H32F2N6O3/c1-3-22(34)28-15-11-18-5-7-19(8-6-18)17-29-24(36)33(20-9-13-25(26,27)14-10-20)31-23(35)21-12-16-30-32(21)4-2/h5-8,11-12,15-16,20H,3-4,9-10,13-14,17H2,1-2H3,(H,28,34)(H,29,36)(H,31,35)/b15-11+. The average Bonchev–Trinajstić information content (AvgIpc) is 3.36. The summed E-state index contributed by atoms with van der Waals surface area (Å²) in [5.41, 5.74) is 4.56. The molecule has 3 N–H and O–H groups in total. The van der Waals surface area contributed by atoms with Gasteiger partial charge >= 0.3 is 6.03 Å². The van der Waals surface area contributed by atoms with Crippen LogP contribution in [0, 0.1) is 0 Å². The third-order valence-corrected chi connectivity index (χ3v) is 6.01. The molecule has 1 saturated carbocycles. The van der Waals surface area contributed by atoms with E-state index < -0.39 is 23.9 Å². The molecule has 11 heteroatoms. The summed E-state index contributed by atoms with van der Waals surface area (Å²) in [5, 5.41) is 10.6. The Balaban J connectivity index is 1.64. The lowest BCUT2D eigenvalue weighted by atomic mass is 9.92. The van der Waals surface area contributed by atoms with Crippen molar-refractivity contribution in [3.05, 3.63) is 59.5 Å². The summed E-state index contributed by atoms with van der Waals surface area (Å²) in [5.74, 6) is -3.38. The molecule has 1 aliphatic carbocycles. The number of carbonyl (C=O) groups is 3. The molecule has 0 atom stereocenters. The summed E-state index contributed by atoms with van der Waals surface area (Å²) in [4.78, 5) is 37.2. The van der Waals surface area contributed by atoms with E-state index in [-0.39, 0.29) is 43.8 Å². The minimum absolute atomic E-state index is 0.0728. The lowest BCUT2D eigenvalue weighted by molar-refractivity contribution is -0.119. The Hall–Kier alpha value is -3.76.